The van der Waals surface area contributed by atoms with Crippen LogP contribution in [0.2, 0.25) is 0 Å². The summed E-state index contributed by atoms with van der Waals surface area (Å²) in [5.74, 6) is -0.0152. The highest BCUT2D eigenvalue weighted by Gasteiger charge is 2.27. The number of hydrogen-bond donors (Lipinski definition) is 2. The molecule has 2 aromatic heterocycles. The van der Waals surface area contributed by atoms with Crippen molar-refractivity contribution in [3.8, 4) is 0 Å². The minimum Gasteiger partial charge on any atom is -0.369 e. The van der Waals surface area contributed by atoms with Crippen molar-refractivity contribution in [2.75, 3.05) is 23.3 Å². The van der Waals surface area contributed by atoms with Gasteiger partial charge >= 0.3 is 0 Å². The normalized spacial score (nSPS) is 17.5. The van der Waals surface area contributed by atoms with E-state index in [0.717, 1.165) is 19.4 Å². The third-order valence-electron chi connectivity index (χ3n) is 3.76. The fraction of sp³-hybridized carbons (Fsp3) is 0.400. The first-order valence-electron chi connectivity index (χ1n) is 7.67. The number of nitrogens with two attached hydrogens (primary N) is 1. The van der Waals surface area contributed by atoms with Gasteiger partial charge in [-0.1, -0.05) is 0 Å². The standard InChI is InChI=1S/C15H18N6O2S/c16-12(22)7-11-9-24-15(19-11)20-13(23)10-3-1-6-21(8-10)14-17-4-2-5-18-14/h2,4-5,9-10H,1,3,6-8H2,(H2,16,22)(H,19,20,23). The van der Waals surface area contributed by atoms with Crippen LogP contribution in [0.3, 0.4) is 0 Å². The molecule has 8 nitrogen and oxygen atoms in total. The van der Waals surface area contributed by atoms with E-state index < -0.39 is 5.91 Å². The van der Waals surface area contributed by atoms with Crippen LogP contribution in [0.25, 0.3) is 0 Å². The van der Waals surface area contributed by atoms with Gasteiger partial charge in [0.15, 0.2) is 5.13 Å². The van der Waals surface area contributed by atoms with Crippen molar-refractivity contribution in [1.29, 1.82) is 0 Å². The molecule has 126 valence electrons. The van der Waals surface area contributed by atoms with Gasteiger partial charge in [0, 0.05) is 30.9 Å². The lowest BCUT2D eigenvalue weighted by molar-refractivity contribution is -0.120. The molecule has 1 aliphatic heterocycles. The summed E-state index contributed by atoms with van der Waals surface area (Å²) in [5, 5.41) is 5.04. The molecular formula is C15H18N6O2S. The molecule has 1 aliphatic rings. The molecule has 24 heavy (non-hydrogen) atoms. The van der Waals surface area contributed by atoms with Crippen LogP contribution in [0.1, 0.15) is 18.5 Å². The van der Waals surface area contributed by atoms with E-state index in [1.807, 2.05) is 4.90 Å². The Balaban J connectivity index is 1.60. The number of nitrogens with one attached hydrogen (secondary N) is 1. The van der Waals surface area contributed by atoms with Crippen LogP contribution in [0.15, 0.2) is 23.8 Å². The van der Waals surface area contributed by atoms with Crippen molar-refractivity contribution in [2.24, 2.45) is 11.7 Å². The molecule has 2 aromatic rings. The van der Waals surface area contributed by atoms with E-state index >= 15 is 0 Å². The number of piperidine rings is 1. The van der Waals surface area contributed by atoms with E-state index in [1.54, 1.807) is 23.8 Å². The van der Waals surface area contributed by atoms with Crippen molar-refractivity contribution in [2.45, 2.75) is 19.3 Å². The predicted molar refractivity (Wildman–Crippen MR) is 90.6 cm³/mol. The van der Waals surface area contributed by atoms with Gasteiger partial charge < -0.3 is 16.0 Å². The number of carbonyl (C=O) groups is 2. The topological polar surface area (TPSA) is 114 Å². The molecule has 1 atom stereocenters. The largest absolute Gasteiger partial charge is 0.369 e. The lowest BCUT2D eigenvalue weighted by Gasteiger charge is -2.31. The molecule has 3 rings (SSSR count). The Hall–Kier alpha value is -2.55. The Bertz CT molecular complexity index is 720. The quantitative estimate of drug-likeness (QED) is 0.828. The van der Waals surface area contributed by atoms with Crippen molar-refractivity contribution in [3.63, 3.8) is 0 Å². The zero-order valence-electron chi connectivity index (χ0n) is 13.0. The van der Waals surface area contributed by atoms with Crippen molar-refractivity contribution in [1.82, 2.24) is 15.0 Å². The number of thiazole rings is 1. The highest BCUT2D eigenvalue weighted by molar-refractivity contribution is 7.13. The fourth-order valence-corrected chi connectivity index (χ4v) is 3.37. The molecule has 0 spiro atoms. The van der Waals surface area contributed by atoms with Crippen LogP contribution < -0.4 is 16.0 Å². The van der Waals surface area contributed by atoms with Gasteiger partial charge in [-0.15, -0.1) is 11.3 Å². The van der Waals surface area contributed by atoms with Crippen LogP contribution in [0, 0.1) is 5.92 Å². The molecular weight excluding hydrogens is 328 g/mol. The van der Waals surface area contributed by atoms with Crippen molar-refractivity contribution in [3.05, 3.63) is 29.5 Å². The van der Waals surface area contributed by atoms with Crippen LogP contribution in [-0.2, 0) is 16.0 Å². The first-order chi connectivity index (χ1) is 11.6. The van der Waals surface area contributed by atoms with Gasteiger partial charge in [0.25, 0.3) is 0 Å². The summed E-state index contributed by atoms with van der Waals surface area (Å²) in [6.45, 7) is 1.42. The van der Waals surface area contributed by atoms with Crippen molar-refractivity contribution < 1.29 is 9.59 Å². The highest BCUT2D eigenvalue weighted by atomic mass is 32.1. The Morgan fingerprint density at radius 1 is 1.38 bits per heavy atom. The number of aromatic nitrogens is 3. The summed E-state index contributed by atoms with van der Waals surface area (Å²) < 4.78 is 0. The van der Waals surface area contributed by atoms with Crippen LogP contribution in [0.5, 0.6) is 0 Å². The van der Waals surface area contributed by atoms with Gasteiger partial charge in [0.2, 0.25) is 17.8 Å². The second-order valence-electron chi connectivity index (χ2n) is 5.61. The summed E-state index contributed by atoms with van der Waals surface area (Å²) >= 11 is 1.29. The number of anilines is 2. The Kier molecular flexibility index (Phi) is 4.99. The molecule has 1 fully saturated rings. The van der Waals surface area contributed by atoms with Gasteiger partial charge in [0.05, 0.1) is 18.0 Å². The first-order valence-corrected chi connectivity index (χ1v) is 8.55. The molecule has 3 N–H and O–H groups in total. The average molecular weight is 346 g/mol. The summed E-state index contributed by atoms with van der Waals surface area (Å²) in [4.78, 5) is 38.1. The SMILES string of the molecule is NC(=O)Cc1csc(NC(=O)C2CCCN(c3ncccn3)C2)n1. The molecule has 3 heterocycles. The first kappa shape index (κ1) is 16.3. The number of hydrogen-bond acceptors (Lipinski definition) is 7. The van der Waals surface area contributed by atoms with E-state index in [4.69, 9.17) is 5.73 Å². The third-order valence-corrected chi connectivity index (χ3v) is 4.57. The zero-order valence-corrected chi connectivity index (χ0v) is 13.8. The number of rotatable bonds is 5. The summed E-state index contributed by atoms with van der Waals surface area (Å²) in [5.41, 5.74) is 5.72. The number of carbonyl (C=O) groups excluding carboxylic acids is 2. The van der Waals surface area contributed by atoms with Gasteiger partial charge in [-0.3, -0.25) is 9.59 Å². The minimum atomic E-state index is -0.441. The molecule has 2 amide bonds. The summed E-state index contributed by atoms with van der Waals surface area (Å²) in [7, 11) is 0. The lowest BCUT2D eigenvalue weighted by Crippen LogP contribution is -2.41. The maximum absolute atomic E-state index is 12.5. The van der Waals surface area contributed by atoms with Crippen LogP contribution in [-0.4, -0.2) is 39.9 Å². The van der Waals surface area contributed by atoms with Gasteiger partial charge in [0.1, 0.15) is 0 Å². The Labute approximate surface area is 143 Å². The second kappa shape index (κ2) is 7.35. The molecule has 0 aliphatic carbocycles. The number of amides is 2. The third kappa shape index (κ3) is 4.05. The smallest absolute Gasteiger partial charge is 0.231 e. The van der Waals surface area contributed by atoms with E-state index in [1.165, 1.54) is 11.3 Å². The second-order valence-corrected chi connectivity index (χ2v) is 6.47. The van der Waals surface area contributed by atoms with E-state index in [9.17, 15) is 9.59 Å². The summed E-state index contributed by atoms with van der Waals surface area (Å²) in [6.07, 6.45) is 5.19. The van der Waals surface area contributed by atoms with Crippen LogP contribution >= 0.6 is 11.3 Å². The Morgan fingerprint density at radius 3 is 2.92 bits per heavy atom. The lowest BCUT2D eigenvalue weighted by atomic mass is 9.97. The summed E-state index contributed by atoms with van der Waals surface area (Å²) in [6, 6.07) is 1.77. The van der Waals surface area contributed by atoms with E-state index in [-0.39, 0.29) is 18.2 Å². The Morgan fingerprint density at radius 2 is 2.17 bits per heavy atom. The molecule has 1 saturated heterocycles. The molecule has 0 radical (unpaired) electrons. The minimum absolute atomic E-state index is 0.0735. The van der Waals surface area contributed by atoms with Gasteiger partial charge in [-0.2, -0.15) is 0 Å². The average Bonchev–Trinajstić information content (AvgIpc) is 3.02. The monoisotopic (exact) mass is 346 g/mol. The molecule has 0 saturated carbocycles. The molecule has 0 aromatic carbocycles. The van der Waals surface area contributed by atoms with Gasteiger partial charge in [-0.25, -0.2) is 15.0 Å². The molecule has 1 unspecified atom stereocenters. The highest BCUT2D eigenvalue weighted by Crippen LogP contribution is 2.23. The maximum Gasteiger partial charge on any atom is 0.231 e. The maximum atomic E-state index is 12.5. The number of nitrogens with zero attached hydrogens (tertiary/aromatic N) is 4. The predicted octanol–water partition coefficient (Wildman–Crippen LogP) is 0.816. The van der Waals surface area contributed by atoms with Crippen molar-refractivity contribution >= 4 is 34.2 Å². The van der Waals surface area contributed by atoms with Gasteiger partial charge in [-0.05, 0) is 18.9 Å². The number of primary amides is 1. The fourth-order valence-electron chi connectivity index (χ4n) is 2.66. The molecule has 9 heteroatoms. The molecule has 0 bridgehead atoms. The van der Waals surface area contributed by atoms with E-state index in [2.05, 4.69) is 20.3 Å². The zero-order chi connectivity index (χ0) is 16.9. The van der Waals surface area contributed by atoms with E-state index in [0.29, 0.717) is 23.3 Å². The van der Waals surface area contributed by atoms with Crippen LogP contribution in [0.4, 0.5) is 11.1 Å².